The van der Waals surface area contributed by atoms with Crippen LogP contribution in [0.4, 0.5) is 12.9 Å². The lowest BCUT2D eigenvalue weighted by atomic mass is 9.79. The molecule has 2 nitrogen and oxygen atoms in total. The molecule has 0 N–H and O–H groups in total. The number of rotatable bonds is 1. The van der Waals surface area contributed by atoms with Gasteiger partial charge in [-0.15, -0.1) is 5.46 Å². The number of aryl methyl sites for hydroxylation is 1. The Balaban J connectivity index is 2.66. The monoisotopic (exact) mass is 200 g/mol. The fourth-order valence-electron chi connectivity index (χ4n) is 1.28. The van der Waals surface area contributed by atoms with Gasteiger partial charge in [0.25, 0.3) is 0 Å². The van der Waals surface area contributed by atoms with Crippen LogP contribution in [0.1, 0.15) is 5.69 Å². The summed E-state index contributed by atoms with van der Waals surface area (Å²) in [6.07, 6.45) is 0. The summed E-state index contributed by atoms with van der Waals surface area (Å²) in [7, 11) is 0. The van der Waals surface area contributed by atoms with Crippen LogP contribution >= 0.6 is 0 Å². The van der Waals surface area contributed by atoms with Crippen LogP contribution in [0.2, 0.25) is 0 Å². The molecule has 0 atom stereocenters. The molecule has 6 heteroatoms. The molecule has 0 bridgehead atoms. The van der Waals surface area contributed by atoms with Crippen molar-refractivity contribution >= 4 is 23.4 Å². The number of halogens is 3. The fraction of sp³-hybridized carbons (Fsp3) is 0.125. The van der Waals surface area contributed by atoms with E-state index in [1.165, 1.54) is 6.07 Å². The zero-order valence-corrected chi connectivity index (χ0v) is 7.30. The van der Waals surface area contributed by atoms with Gasteiger partial charge in [-0.25, -0.2) is 0 Å². The molecular weight excluding hydrogens is 194 g/mol. The molecule has 0 aliphatic heterocycles. The van der Waals surface area contributed by atoms with E-state index in [0.29, 0.717) is 16.7 Å². The van der Waals surface area contributed by atoms with Gasteiger partial charge in [0.2, 0.25) is 0 Å². The summed E-state index contributed by atoms with van der Waals surface area (Å²) < 4.78 is 41.9. The number of hydrogen-bond donors (Lipinski definition) is 0. The Labute approximate surface area is 77.7 Å². The normalized spacial score (nSPS) is 12.3. The van der Waals surface area contributed by atoms with Gasteiger partial charge >= 0.3 is 6.98 Å². The largest absolute Gasteiger partial charge is 0.509 e. The minimum absolute atomic E-state index is 0.381. The highest BCUT2D eigenvalue weighted by Crippen LogP contribution is 2.18. The highest BCUT2D eigenvalue weighted by molar-refractivity contribution is 6.73. The average Bonchev–Trinajstić information content (AvgIpc) is 2.46. The summed E-state index contributed by atoms with van der Waals surface area (Å²) in [6, 6.07) is 3.37. The van der Waals surface area contributed by atoms with Crippen LogP contribution in [-0.4, -0.2) is 12.1 Å². The average molecular weight is 200 g/mol. The molecule has 0 spiro atoms. The standard InChI is InChI=1S/C8H6BF3NO/c1-5-7-4-6(9(10,11)12)2-3-8(7)14-13-5/h2-4H,1H3/q-1. The molecule has 2 rings (SSSR count). The zero-order chi connectivity index (χ0) is 10.3. The summed E-state index contributed by atoms with van der Waals surface area (Å²) in [6.45, 7) is -3.34. The number of fused-ring (bicyclic) bond motifs is 1. The van der Waals surface area contributed by atoms with Crippen molar-refractivity contribution in [1.29, 1.82) is 0 Å². The van der Waals surface area contributed by atoms with Gasteiger partial charge in [0.15, 0.2) is 5.58 Å². The van der Waals surface area contributed by atoms with E-state index in [1.54, 1.807) is 6.92 Å². The number of hydrogen-bond acceptors (Lipinski definition) is 2. The maximum absolute atomic E-state index is 12.4. The van der Waals surface area contributed by atoms with E-state index >= 15 is 0 Å². The Morgan fingerprint density at radius 2 is 2.00 bits per heavy atom. The molecule has 0 fully saturated rings. The molecule has 0 radical (unpaired) electrons. The van der Waals surface area contributed by atoms with E-state index in [-0.39, 0.29) is 0 Å². The smallest absolute Gasteiger partial charge is 0.445 e. The molecule has 0 saturated heterocycles. The van der Waals surface area contributed by atoms with Crippen molar-refractivity contribution < 1.29 is 17.5 Å². The van der Waals surface area contributed by atoms with Crippen molar-refractivity contribution in [2.45, 2.75) is 6.92 Å². The fourth-order valence-corrected chi connectivity index (χ4v) is 1.28. The van der Waals surface area contributed by atoms with Crippen molar-refractivity contribution in [3.05, 3.63) is 23.9 Å². The second-order valence-electron chi connectivity index (χ2n) is 3.10. The molecule has 0 unspecified atom stereocenters. The Bertz CT molecular complexity index is 477. The summed E-state index contributed by atoms with van der Waals surface area (Å²) in [5.41, 5.74) is 0.233. The minimum atomic E-state index is -4.95. The summed E-state index contributed by atoms with van der Waals surface area (Å²) >= 11 is 0. The summed E-state index contributed by atoms with van der Waals surface area (Å²) in [4.78, 5) is 0. The van der Waals surface area contributed by atoms with E-state index in [1.807, 2.05) is 0 Å². The molecule has 0 aliphatic rings. The van der Waals surface area contributed by atoms with Gasteiger partial charge in [-0.05, 0) is 13.0 Å². The van der Waals surface area contributed by atoms with Gasteiger partial charge in [-0.2, -0.15) is 0 Å². The van der Waals surface area contributed by atoms with Gasteiger partial charge < -0.3 is 17.5 Å². The SMILES string of the molecule is Cc1noc2ccc([B-](F)(F)F)cc12. The molecule has 2 aromatic rings. The second-order valence-corrected chi connectivity index (χ2v) is 3.10. The maximum Gasteiger partial charge on any atom is 0.509 e. The van der Waals surface area contributed by atoms with Gasteiger partial charge in [0, 0.05) is 5.39 Å². The van der Waals surface area contributed by atoms with Crippen molar-refractivity contribution in [2.24, 2.45) is 0 Å². The Hall–Kier alpha value is -1.46. The zero-order valence-electron chi connectivity index (χ0n) is 7.30. The molecule has 0 saturated carbocycles. The Kier molecular flexibility index (Phi) is 1.80. The highest BCUT2D eigenvalue weighted by Gasteiger charge is 2.26. The third-order valence-corrected chi connectivity index (χ3v) is 2.05. The third-order valence-electron chi connectivity index (χ3n) is 2.05. The van der Waals surface area contributed by atoms with E-state index < -0.39 is 12.4 Å². The van der Waals surface area contributed by atoms with Crippen LogP contribution in [-0.2, 0) is 0 Å². The van der Waals surface area contributed by atoms with Gasteiger partial charge in [0.05, 0.1) is 5.69 Å². The van der Waals surface area contributed by atoms with Gasteiger partial charge in [-0.3, -0.25) is 0 Å². The topological polar surface area (TPSA) is 26.0 Å². The van der Waals surface area contributed by atoms with Crippen molar-refractivity contribution in [3.8, 4) is 0 Å². The number of nitrogens with zero attached hydrogens (tertiary/aromatic N) is 1. The lowest BCUT2D eigenvalue weighted by molar-refractivity contribution is 0.450. The van der Waals surface area contributed by atoms with Crippen LogP contribution in [0.3, 0.4) is 0 Å². The first kappa shape index (κ1) is 9.11. The Morgan fingerprint density at radius 3 is 2.64 bits per heavy atom. The van der Waals surface area contributed by atoms with Crippen LogP contribution in [0.5, 0.6) is 0 Å². The lowest BCUT2D eigenvalue weighted by Gasteiger charge is -2.13. The van der Waals surface area contributed by atoms with Crippen molar-refractivity contribution in [1.82, 2.24) is 5.16 Å². The first-order valence-corrected chi connectivity index (χ1v) is 4.04. The molecule has 1 heterocycles. The molecule has 1 aromatic carbocycles. The van der Waals surface area contributed by atoms with Crippen LogP contribution < -0.4 is 5.46 Å². The summed E-state index contributed by atoms with van der Waals surface area (Å²) in [5.74, 6) is 0. The summed E-state index contributed by atoms with van der Waals surface area (Å²) in [5, 5.41) is 4.00. The molecule has 1 aromatic heterocycles. The predicted molar refractivity (Wildman–Crippen MR) is 47.5 cm³/mol. The van der Waals surface area contributed by atoms with Gasteiger partial charge in [0.1, 0.15) is 0 Å². The van der Waals surface area contributed by atoms with E-state index in [2.05, 4.69) is 5.16 Å². The lowest BCUT2D eigenvalue weighted by Crippen LogP contribution is -2.33. The minimum Gasteiger partial charge on any atom is -0.445 e. The molecular formula is C8H6BF3NO-. The maximum atomic E-state index is 12.4. The molecule has 0 amide bonds. The Morgan fingerprint density at radius 1 is 1.29 bits per heavy atom. The third kappa shape index (κ3) is 1.36. The second kappa shape index (κ2) is 2.77. The van der Waals surface area contributed by atoms with E-state index in [9.17, 15) is 12.9 Å². The number of aromatic nitrogens is 1. The van der Waals surface area contributed by atoms with E-state index in [4.69, 9.17) is 4.52 Å². The van der Waals surface area contributed by atoms with Crippen LogP contribution in [0.15, 0.2) is 22.7 Å². The quantitative estimate of drug-likeness (QED) is 0.659. The first-order valence-electron chi connectivity index (χ1n) is 4.04. The van der Waals surface area contributed by atoms with Crippen molar-refractivity contribution in [3.63, 3.8) is 0 Å². The van der Waals surface area contributed by atoms with Crippen molar-refractivity contribution in [2.75, 3.05) is 0 Å². The van der Waals surface area contributed by atoms with Crippen LogP contribution in [0, 0.1) is 6.92 Å². The van der Waals surface area contributed by atoms with Crippen LogP contribution in [0.25, 0.3) is 11.0 Å². The van der Waals surface area contributed by atoms with Gasteiger partial charge in [-0.1, -0.05) is 17.3 Å². The highest BCUT2D eigenvalue weighted by atomic mass is 19.4. The number of benzene rings is 1. The first-order chi connectivity index (χ1) is 6.48. The molecule has 74 valence electrons. The predicted octanol–water partition coefficient (Wildman–Crippen LogP) is 2.19. The van der Waals surface area contributed by atoms with E-state index in [0.717, 1.165) is 12.1 Å². The molecule has 14 heavy (non-hydrogen) atoms. The molecule has 0 aliphatic carbocycles.